The predicted octanol–water partition coefficient (Wildman–Crippen LogP) is 1.36. The quantitative estimate of drug-likeness (QED) is 0.615. The Labute approximate surface area is 139 Å². The van der Waals surface area contributed by atoms with E-state index in [1.54, 1.807) is 36.4 Å². The number of benzene rings is 2. The van der Waals surface area contributed by atoms with Gasteiger partial charge in [-0.2, -0.15) is 5.10 Å². The molecule has 2 rings (SSSR count). The lowest BCUT2D eigenvalue weighted by Gasteiger charge is -2.09. The lowest BCUT2D eigenvalue weighted by molar-refractivity contribution is -0.305. The van der Waals surface area contributed by atoms with E-state index in [-0.39, 0.29) is 12.8 Å². The van der Waals surface area contributed by atoms with Gasteiger partial charge in [-0.3, -0.25) is 4.79 Å². The maximum Gasteiger partial charge on any atom is 0.271 e. The number of rotatable bonds is 7. The van der Waals surface area contributed by atoms with Crippen molar-refractivity contribution in [2.75, 3.05) is 7.11 Å². The van der Waals surface area contributed by atoms with Crippen LogP contribution in [0.5, 0.6) is 5.75 Å². The van der Waals surface area contributed by atoms with Crippen molar-refractivity contribution in [1.29, 1.82) is 0 Å². The number of carbonyl (C=O) groups is 2. The summed E-state index contributed by atoms with van der Waals surface area (Å²) >= 11 is 0. The summed E-state index contributed by atoms with van der Waals surface area (Å²) in [5.74, 6) is -1.01. The molecule has 124 valence electrons. The molecule has 1 amide bonds. The molecule has 6 heteroatoms. The van der Waals surface area contributed by atoms with Gasteiger partial charge >= 0.3 is 0 Å². The Balaban J connectivity index is 2.16. The van der Waals surface area contributed by atoms with Crippen LogP contribution < -0.4 is 15.3 Å². The molecular weight excluding hydrogens is 308 g/mol. The molecule has 0 unspecified atom stereocenters. The molecular formula is C18H17N2O4-. The maximum absolute atomic E-state index is 12.2. The zero-order chi connectivity index (χ0) is 17.4. The van der Waals surface area contributed by atoms with E-state index in [1.165, 1.54) is 7.11 Å². The first-order valence-electron chi connectivity index (χ1n) is 7.36. The monoisotopic (exact) mass is 325 g/mol. The predicted molar refractivity (Wildman–Crippen MR) is 87.7 cm³/mol. The molecule has 1 N–H and O–H groups in total. The van der Waals surface area contributed by atoms with Crippen LogP contribution in [0.15, 0.2) is 59.7 Å². The normalized spacial score (nSPS) is 11.0. The fraction of sp³-hybridized carbons (Fsp3) is 0.167. The Bertz CT molecular complexity index is 742. The van der Waals surface area contributed by atoms with Crippen molar-refractivity contribution in [2.24, 2.45) is 5.10 Å². The highest BCUT2D eigenvalue weighted by Crippen LogP contribution is 2.12. The molecule has 0 saturated heterocycles. The van der Waals surface area contributed by atoms with E-state index in [0.29, 0.717) is 17.0 Å². The summed E-state index contributed by atoms with van der Waals surface area (Å²) in [6.45, 7) is 0. The second-order valence-corrected chi connectivity index (χ2v) is 4.97. The molecule has 6 nitrogen and oxygen atoms in total. The number of amides is 1. The Kier molecular flexibility index (Phi) is 6.08. The van der Waals surface area contributed by atoms with Crippen LogP contribution in [0, 0.1) is 0 Å². The summed E-state index contributed by atoms with van der Waals surface area (Å²) in [4.78, 5) is 22.9. The van der Waals surface area contributed by atoms with E-state index >= 15 is 0 Å². The molecule has 0 aliphatic carbocycles. The Hall–Kier alpha value is -3.15. The van der Waals surface area contributed by atoms with Crippen molar-refractivity contribution < 1.29 is 19.4 Å². The number of aliphatic carboxylic acids is 1. The molecule has 0 radical (unpaired) electrons. The number of carbonyl (C=O) groups excluding carboxylic acids is 2. The van der Waals surface area contributed by atoms with Crippen LogP contribution in [0.2, 0.25) is 0 Å². The van der Waals surface area contributed by atoms with Crippen molar-refractivity contribution in [3.8, 4) is 5.75 Å². The number of ether oxygens (including phenoxy) is 1. The summed E-state index contributed by atoms with van der Waals surface area (Å²) in [7, 11) is 1.52. The van der Waals surface area contributed by atoms with Gasteiger partial charge in [-0.05, 0) is 36.6 Å². The number of hydrogen-bond donors (Lipinski definition) is 1. The topological polar surface area (TPSA) is 90.8 Å². The third kappa shape index (κ3) is 4.95. The smallest absolute Gasteiger partial charge is 0.271 e. The number of carboxylic acid groups (broad SMARTS) is 1. The van der Waals surface area contributed by atoms with Crippen molar-refractivity contribution in [1.82, 2.24) is 5.43 Å². The first-order valence-corrected chi connectivity index (χ1v) is 7.36. The number of nitrogens with one attached hydrogen (secondary N) is 1. The third-order valence-electron chi connectivity index (χ3n) is 3.30. The first kappa shape index (κ1) is 17.2. The van der Waals surface area contributed by atoms with Gasteiger partial charge in [0.2, 0.25) is 0 Å². The third-order valence-corrected chi connectivity index (χ3v) is 3.30. The van der Waals surface area contributed by atoms with Gasteiger partial charge in [0, 0.05) is 11.5 Å². The summed E-state index contributed by atoms with van der Waals surface area (Å²) in [5.41, 5.74) is 4.06. The maximum atomic E-state index is 12.2. The van der Waals surface area contributed by atoms with Crippen molar-refractivity contribution in [2.45, 2.75) is 12.8 Å². The van der Waals surface area contributed by atoms with E-state index in [2.05, 4.69) is 10.5 Å². The average molecular weight is 325 g/mol. The SMILES string of the molecule is COc1cccc(C(=O)N/N=C(\CCC(=O)[O-])c2ccccc2)c1. The molecule has 0 aromatic heterocycles. The van der Waals surface area contributed by atoms with Crippen molar-refractivity contribution in [3.63, 3.8) is 0 Å². The minimum atomic E-state index is -1.17. The van der Waals surface area contributed by atoms with E-state index in [1.807, 2.05) is 18.2 Å². The molecule has 0 aliphatic rings. The number of hydrogen-bond acceptors (Lipinski definition) is 5. The zero-order valence-corrected chi connectivity index (χ0v) is 13.2. The van der Waals surface area contributed by atoms with Gasteiger partial charge in [-0.15, -0.1) is 0 Å². The number of nitrogens with zero attached hydrogens (tertiary/aromatic N) is 1. The second kappa shape index (κ2) is 8.47. The fourth-order valence-corrected chi connectivity index (χ4v) is 2.06. The highest BCUT2D eigenvalue weighted by molar-refractivity contribution is 6.03. The van der Waals surface area contributed by atoms with Gasteiger partial charge in [0.25, 0.3) is 5.91 Å². The van der Waals surface area contributed by atoms with Gasteiger partial charge in [0.05, 0.1) is 12.8 Å². The van der Waals surface area contributed by atoms with Gasteiger partial charge in [0.15, 0.2) is 0 Å². The highest BCUT2D eigenvalue weighted by atomic mass is 16.5. The molecule has 0 atom stereocenters. The summed E-state index contributed by atoms with van der Waals surface area (Å²) in [6, 6.07) is 15.7. The van der Waals surface area contributed by atoms with Crippen LogP contribution in [0.4, 0.5) is 0 Å². The molecule has 0 saturated carbocycles. The summed E-state index contributed by atoms with van der Waals surface area (Å²) < 4.78 is 5.08. The minimum Gasteiger partial charge on any atom is -0.550 e. The lowest BCUT2D eigenvalue weighted by atomic mass is 10.1. The van der Waals surface area contributed by atoms with E-state index in [9.17, 15) is 14.7 Å². The molecule has 0 heterocycles. The molecule has 24 heavy (non-hydrogen) atoms. The van der Waals surface area contributed by atoms with E-state index < -0.39 is 11.9 Å². The van der Waals surface area contributed by atoms with Crippen LogP contribution in [-0.2, 0) is 4.79 Å². The zero-order valence-electron chi connectivity index (χ0n) is 13.2. The number of methoxy groups -OCH3 is 1. The second-order valence-electron chi connectivity index (χ2n) is 4.97. The summed E-state index contributed by atoms with van der Waals surface area (Å²) in [5, 5.41) is 14.8. The highest BCUT2D eigenvalue weighted by Gasteiger charge is 2.08. The van der Waals surface area contributed by atoms with E-state index in [0.717, 1.165) is 5.56 Å². The van der Waals surface area contributed by atoms with Crippen LogP contribution in [0.3, 0.4) is 0 Å². The van der Waals surface area contributed by atoms with Gasteiger partial charge in [-0.25, -0.2) is 5.43 Å². The molecule has 0 aliphatic heterocycles. The van der Waals surface area contributed by atoms with Crippen LogP contribution >= 0.6 is 0 Å². The molecule has 2 aromatic rings. The Morgan fingerprint density at radius 3 is 2.42 bits per heavy atom. The Morgan fingerprint density at radius 1 is 1.04 bits per heavy atom. The minimum absolute atomic E-state index is 0.157. The van der Waals surface area contributed by atoms with Crippen LogP contribution in [-0.4, -0.2) is 24.7 Å². The van der Waals surface area contributed by atoms with Gasteiger partial charge < -0.3 is 14.6 Å². The summed E-state index contributed by atoms with van der Waals surface area (Å²) in [6.07, 6.45) is -0.0203. The van der Waals surface area contributed by atoms with E-state index in [4.69, 9.17) is 4.74 Å². The van der Waals surface area contributed by atoms with Crippen molar-refractivity contribution >= 4 is 17.6 Å². The molecule has 0 bridgehead atoms. The first-order chi connectivity index (χ1) is 11.6. The standard InChI is InChI=1S/C18H18N2O4/c1-24-15-9-5-8-14(12-15)18(23)20-19-16(10-11-17(21)22)13-6-3-2-4-7-13/h2-9,12H,10-11H2,1H3,(H,20,23)(H,21,22)/p-1/b19-16+. The van der Waals surface area contributed by atoms with Crippen LogP contribution in [0.25, 0.3) is 0 Å². The average Bonchev–Trinajstić information content (AvgIpc) is 2.62. The van der Waals surface area contributed by atoms with Crippen molar-refractivity contribution in [3.05, 3.63) is 65.7 Å². The molecule has 0 spiro atoms. The van der Waals surface area contributed by atoms with Gasteiger partial charge in [-0.1, -0.05) is 36.4 Å². The molecule has 2 aromatic carbocycles. The lowest BCUT2D eigenvalue weighted by Crippen LogP contribution is -2.24. The largest absolute Gasteiger partial charge is 0.550 e. The number of carboxylic acids is 1. The van der Waals surface area contributed by atoms with Gasteiger partial charge in [0.1, 0.15) is 5.75 Å². The fourth-order valence-electron chi connectivity index (χ4n) is 2.06. The number of hydrazone groups is 1. The van der Waals surface area contributed by atoms with Crippen LogP contribution in [0.1, 0.15) is 28.8 Å². The Morgan fingerprint density at radius 2 is 1.75 bits per heavy atom. The molecule has 0 fully saturated rings.